The minimum Gasteiger partial charge on any atom is -0.479 e. The van der Waals surface area contributed by atoms with Crippen molar-refractivity contribution in [1.82, 2.24) is 0 Å². The molecule has 1 aromatic rings. The van der Waals surface area contributed by atoms with E-state index in [0.717, 1.165) is 0 Å². The normalized spacial score (nSPS) is 13.5. The van der Waals surface area contributed by atoms with Gasteiger partial charge in [-0.1, -0.05) is 11.6 Å². The molecule has 4 N–H and O–H groups in total. The molecule has 4 nitrogen and oxygen atoms in total. The number of aliphatic hydroxyl groups excluding tert-OH is 1. The summed E-state index contributed by atoms with van der Waals surface area (Å²) in [4.78, 5) is 10.5. The molecular weight excluding hydrogens is 263 g/mol. The van der Waals surface area contributed by atoms with E-state index in [4.69, 9.17) is 22.4 Å². The fourth-order valence-electron chi connectivity index (χ4n) is 1.17. The molecule has 0 saturated heterocycles. The van der Waals surface area contributed by atoms with E-state index >= 15 is 0 Å². The molecular formula is C9H7ClF3NO3. The van der Waals surface area contributed by atoms with Crippen molar-refractivity contribution in [1.29, 1.82) is 0 Å². The smallest absolute Gasteiger partial charge is 0.416 e. The lowest BCUT2D eigenvalue weighted by molar-refractivity contribution is -0.147. The van der Waals surface area contributed by atoms with E-state index in [1.165, 1.54) is 0 Å². The number of benzene rings is 1. The molecule has 0 aromatic heterocycles. The maximum Gasteiger partial charge on any atom is 0.416 e. The molecule has 0 fully saturated rings. The van der Waals surface area contributed by atoms with Crippen molar-refractivity contribution < 1.29 is 28.2 Å². The minimum atomic E-state index is -4.70. The average molecular weight is 270 g/mol. The van der Waals surface area contributed by atoms with E-state index in [-0.39, 0.29) is 0 Å². The second kappa shape index (κ2) is 4.42. The predicted molar refractivity (Wildman–Crippen MR) is 53.5 cm³/mol. The van der Waals surface area contributed by atoms with Crippen LogP contribution in [0, 0.1) is 0 Å². The summed E-state index contributed by atoms with van der Waals surface area (Å²) in [7, 11) is 0. The number of hydrogen-bond acceptors (Lipinski definition) is 3. The van der Waals surface area contributed by atoms with Crippen molar-refractivity contribution in [2.24, 2.45) is 0 Å². The Morgan fingerprint density at radius 2 is 1.94 bits per heavy atom. The van der Waals surface area contributed by atoms with Crippen LogP contribution in [0.5, 0.6) is 0 Å². The topological polar surface area (TPSA) is 83.5 Å². The Labute approximate surface area is 98.4 Å². The van der Waals surface area contributed by atoms with Gasteiger partial charge in [0.1, 0.15) is 0 Å². The Bertz CT molecular complexity index is 462. The van der Waals surface area contributed by atoms with Crippen molar-refractivity contribution in [3.05, 3.63) is 28.3 Å². The van der Waals surface area contributed by atoms with Crippen LogP contribution in [0.2, 0.25) is 5.02 Å². The molecule has 17 heavy (non-hydrogen) atoms. The highest BCUT2D eigenvalue weighted by atomic mass is 35.5. The van der Waals surface area contributed by atoms with Gasteiger partial charge in [-0.05, 0) is 12.1 Å². The number of aliphatic hydroxyl groups is 1. The average Bonchev–Trinajstić information content (AvgIpc) is 2.19. The first-order chi connectivity index (χ1) is 7.64. The van der Waals surface area contributed by atoms with Crippen LogP contribution >= 0.6 is 11.6 Å². The van der Waals surface area contributed by atoms with E-state index in [9.17, 15) is 23.1 Å². The lowest BCUT2D eigenvalue weighted by atomic mass is 10.0. The Kier molecular flexibility index (Phi) is 3.53. The highest BCUT2D eigenvalue weighted by molar-refractivity contribution is 6.34. The van der Waals surface area contributed by atoms with E-state index in [0.29, 0.717) is 12.1 Å². The summed E-state index contributed by atoms with van der Waals surface area (Å²) < 4.78 is 37.2. The molecule has 0 aliphatic carbocycles. The van der Waals surface area contributed by atoms with Crippen molar-refractivity contribution in [2.45, 2.75) is 12.3 Å². The van der Waals surface area contributed by atoms with Crippen LogP contribution in [0.25, 0.3) is 0 Å². The lowest BCUT2D eigenvalue weighted by Gasteiger charge is -2.14. The largest absolute Gasteiger partial charge is 0.479 e. The Hall–Kier alpha value is -1.47. The molecule has 8 heteroatoms. The molecule has 0 amide bonds. The first-order valence-electron chi connectivity index (χ1n) is 4.21. The Morgan fingerprint density at radius 3 is 2.35 bits per heavy atom. The number of nitrogen functional groups attached to an aromatic ring is 1. The third kappa shape index (κ3) is 2.80. The SMILES string of the molecule is Nc1cc(C(F)(F)F)cc(C(O)C(=O)O)c1Cl. The first-order valence-corrected chi connectivity index (χ1v) is 4.59. The quantitative estimate of drug-likeness (QED) is 0.718. The van der Waals surface area contributed by atoms with E-state index in [2.05, 4.69) is 0 Å². The fourth-order valence-corrected chi connectivity index (χ4v) is 1.38. The molecule has 0 aliphatic rings. The van der Waals surface area contributed by atoms with E-state index in [1.54, 1.807) is 0 Å². The monoisotopic (exact) mass is 269 g/mol. The number of carbonyl (C=O) groups is 1. The highest BCUT2D eigenvalue weighted by Gasteiger charge is 2.33. The van der Waals surface area contributed by atoms with Crippen molar-refractivity contribution in [2.75, 3.05) is 5.73 Å². The summed E-state index contributed by atoms with van der Waals surface area (Å²) >= 11 is 5.54. The predicted octanol–water partition coefficient (Wildman–Crippen LogP) is 2.06. The van der Waals surface area contributed by atoms with Gasteiger partial charge in [0.25, 0.3) is 0 Å². The van der Waals surface area contributed by atoms with Crippen molar-refractivity contribution in [3.63, 3.8) is 0 Å². The standard InChI is InChI=1S/C9H7ClF3NO3/c10-6-4(7(15)8(16)17)1-3(2-5(6)14)9(11,12)13/h1-2,7,15H,14H2,(H,16,17). The van der Waals surface area contributed by atoms with Gasteiger partial charge in [0.2, 0.25) is 0 Å². The minimum absolute atomic E-state index is 0.409. The van der Waals surface area contributed by atoms with Gasteiger partial charge in [0, 0.05) is 5.56 Å². The summed E-state index contributed by atoms with van der Waals surface area (Å²) in [6.07, 6.45) is -6.86. The van der Waals surface area contributed by atoms with Crippen LogP contribution < -0.4 is 5.73 Å². The summed E-state index contributed by atoms with van der Waals surface area (Å²) in [5.74, 6) is -1.72. The number of nitrogens with two attached hydrogens (primary N) is 1. The van der Waals surface area contributed by atoms with Crippen LogP contribution in [0.3, 0.4) is 0 Å². The molecule has 0 bridgehead atoms. The number of carboxylic acids is 1. The molecule has 0 aliphatic heterocycles. The molecule has 94 valence electrons. The Balaban J connectivity index is 3.40. The van der Waals surface area contributed by atoms with Crippen LogP contribution in [0.1, 0.15) is 17.2 Å². The highest BCUT2D eigenvalue weighted by Crippen LogP contribution is 2.37. The first kappa shape index (κ1) is 13.6. The van der Waals surface area contributed by atoms with Gasteiger partial charge < -0.3 is 15.9 Å². The second-order valence-electron chi connectivity index (χ2n) is 3.21. The number of carboxylic acid groups (broad SMARTS) is 1. The van der Waals surface area contributed by atoms with Crippen LogP contribution in [-0.2, 0) is 11.0 Å². The van der Waals surface area contributed by atoms with E-state index < -0.39 is 40.1 Å². The number of aliphatic carboxylic acids is 1. The van der Waals surface area contributed by atoms with Gasteiger partial charge in [-0.25, -0.2) is 4.79 Å². The third-order valence-corrected chi connectivity index (χ3v) is 2.42. The molecule has 0 saturated carbocycles. The summed E-state index contributed by atoms with van der Waals surface area (Å²) in [6.45, 7) is 0. The summed E-state index contributed by atoms with van der Waals surface area (Å²) in [6, 6.07) is 1.03. The van der Waals surface area contributed by atoms with Crippen molar-refractivity contribution >= 4 is 23.3 Å². The Morgan fingerprint density at radius 1 is 1.41 bits per heavy atom. The molecule has 0 spiro atoms. The molecule has 0 radical (unpaired) electrons. The van der Waals surface area contributed by atoms with Crippen LogP contribution in [0.4, 0.5) is 18.9 Å². The molecule has 1 aromatic carbocycles. The molecule has 0 heterocycles. The number of hydrogen-bond donors (Lipinski definition) is 3. The van der Waals surface area contributed by atoms with Crippen LogP contribution in [-0.4, -0.2) is 16.2 Å². The van der Waals surface area contributed by atoms with Gasteiger partial charge in [-0.3, -0.25) is 0 Å². The zero-order valence-electron chi connectivity index (χ0n) is 8.12. The third-order valence-electron chi connectivity index (χ3n) is 1.98. The fraction of sp³-hybridized carbons (Fsp3) is 0.222. The number of alkyl halides is 3. The van der Waals surface area contributed by atoms with Crippen LogP contribution in [0.15, 0.2) is 12.1 Å². The maximum absolute atomic E-state index is 12.4. The van der Waals surface area contributed by atoms with Crippen molar-refractivity contribution in [3.8, 4) is 0 Å². The molecule has 1 atom stereocenters. The maximum atomic E-state index is 12.4. The number of halogens is 4. The number of anilines is 1. The summed E-state index contributed by atoms with van der Waals surface area (Å²) in [5.41, 5.74) is 3.01. The molecule has 1 rings (SSSR count). The van der Waals surface area contributed by atoms with Gasteiger partial charge >= 0.3 is 12.1 Å². The zero-order chi connectivity index (χ0) is 13.4. The second-order valence-corrected chi connectivity index (χ2v) is 3.59. The van der Waals surface area contributed by atoms with Gasteiger partial charge in [-0.15, -0.1) is 0 Å². The summed E-state index contributed by atoms with van der Waals surface area (Å²) in [5, 5.41) is 17.3. The lowest BCUT2D eigenvalue weighted by Crippen LogP contribution is -2.14. The number of rotatable bonds is 2. The zero-order valence-corrected chi connectivity index (χ0v) is 8.88. The molecule has 1 unspecified atom stereocenters. The van der Waals surface area contributed by atoms with Gasteiger partial charge in [-0.2, -0.15) is 13.2 Å². The van der Waals surface area contributed by atoms with Gasteiger partial charge in [0.05, 0.1) is 16.3 Å². The van der Waals surface area contributed by atoms with E-state index in [1.807, 2.05) is 0 Å². The van der Waals surface area contributed by atoms with Gasteiger partial charge in [0.15, 0.2) is 6.10 Å².